The van der Waals surface area contributed by atoms with Crippen LogP contribution in [0.1, 0.15) is 23.8 Å². The molecule has 106 valence electrons. The van der Waals surface area contributed by atoms with E-state index in [1.807, 2.05) is 36.4 Å². The quantitative estimate of drug-likeness (QED) is 0.559. The van der Waals surface area contributed by atoms with Gasteiger partial charge in [0.25, 0.3) is 0 Å². The van der Waals surface area contributed by atoms with Gasteiger partial charge in [-0.25, -0.2) is 0 Å². The number of hydrogen-bond donors (Lipinski definition) is 1. The fourth-order valence-corrected chi connectivity index (χ4v) is 2.03. The molecule has 0 aliphatic rings. The minimum Gasteiger partial charge on any atom is -0.467 e. The Morgan fingerprint density at radius 2 is 2.00 bits per heavy atom. The molecule has 1 heterocycles. The van der Waals surface area contributed by atoms with E-state index in [9.17, 15) is 0 Å². The van der Waals surface area contributed by atoms with Crippen molar-refractivity contribution >= 4 is 0 Å². The third kappa shape index (κ3) is 4.37. The van der Waals surface area contributed by atoms with Crippen molar-refractivity contribution in [3.8, 4) is 0 Å². The van der Waals surface area contributed by atoms with E-state index >= 15 is 0 Å². The number of hydrogen-bond acceptors (Lipinski definition) is 3. The molecule has 0 bridgehead atoms. The number of rotatable bonds is 9. The second kappa shape index (κ2) is 8.35. The summed E-state index contributed by atoms with van der Waals surface area (Å²) in [5.74, 6) is 0.919. The van der Waals surface area contributed by atoms with Gasteiger partial charge in [0, 0.05) is 6.54 Å². The molecule has 20 heavy (non-hydrogen) atoms. The van der Waals surface area contributed by atoms with Crippen molar-refractivity contribution in [3.63, 3.8) is 0 Å². The van der Waals surface area contributed by atoms with Crippen LogP contribution in [0.5, 0.6) is 0 Å². The van der Waals surface area contributed by atoms with Crippen molar-refractivity contribution in [2.75, 3.05) is 19.8 Å². The van der Waals surface area contributed by atoms with E-state index in [1.54, 1.807) is 6.26 Å². The molecule has 2 aromatic rings. The Bertz CT molecular complexity index is 479. The molecule has 0 fully saturated rings. The average molecular weight is 271 g/mol. The van der Waals surface area contributed by atoms with Gasteiger partial charge in [-0.05, 0) is 24.1 Å². The van der Waals surface area contributed by atoms with Crippen molar-refractivity contribution in [2.24, 2.45) is 0 Å². The van der Waals surface area contributed by atoms with Crippen LogP contribution < -0.4 is 5.32 Å². The van der Waals surface area contributed by atoms with Gasteiger partial charge >= 0.3 is 0 Å². The van der Waals surface area contributed by atoms with Crippen molar-refractivity contribution in [1.82, 2.24) is 5.32 Å². The van der Waals surface area contributed by atoms with Crippen LogP contribution in [0, 0.1) is 0 Å². The van der Waals surface area contributed by atoms with E-state index in [2.05, 4.69) is 24.0 Å². The maximum Gasteiger partial charge on any atom is 0.125 e. The van der Waals surface area contributed by atoms with Crippen molar-refractivity contribution in [3.05, 3.63) is 72.7 Å². The summed E-state index contributed by atoms with van der Waals surface area (Å²) >= 11 is 0. The zero-order chi connectivity index (χ0) is 14.0. The summed E-state index contributed by atoms with van der Waals surface area (Å²) in [5.41, 5.74) is 1.19. The fourth-order valence-electron chi connectivity index (χ4n) is 2.03. The molecule has 0 amide bonds. The molecule has 0 saturated carbocycles. The Morgan fingerprint density at radius 1 is 1.15 bits per heavy atom. The highest BCUT2D eigenvalue weighted by Crippen LogP contribution is 2.21. The molecular formula is C17H21NO2. The number of furan rings is 1. The first kappa shape index (κ1) is 14.6. The smallest absolute Gasteiger partial charge is 0.125 e. The van der Waals surface area contributed by atoms with Gasteiger partial charge in [-0.15, -0.1) is 6.58 Å². The zero-order valence-corrected chi connectivity index (χ0v) is 11.6. The lowest BCUT2D eigenvalue weighted by atomic mass is 10.0. The topological polar surface area (TPSA) is 34.4 Å². The highest BCUT2D eigenvalue weighted by Gasteiger charge is 2.15. The van der Waals surface area contributed by atoms with Crippen molar-refractivity contribution in [1.29, 1.82) is 0 Å². The predicted octanol–water partition coefficient (Wildman–Crippen LogP) is 3.55. The van der Waals surface area contributed by atoms with E-state index in [0.717, 1.165) is 25.3 Å². The van der Waals surface area contributed by atoms with Gasteiger partial charge in [-0.3, -0.25) is 0 Å². The predicted molar refractivity (Wildman–Crippen MR) is 80.6 cm³/mol. The third-order valence-electron chi connectivity index (χ3n) is 3.02. The fraction of sp³-hybridized carbons (Fsp3) is 0.294. The molecule has 0 aliphatic heterocycles. The standard InChI is InChI=1S/C17H21NO2/c1-2-3-12-19-14-11-18-17(16-10-7-13-20-16)15-8-5-4-6-9-15/h2,4-10,13,17-18H,1,3,11-12,14H2. The number of benzene rings is 1. The summed E-state index contributed by atoms with van der Waals surface area (Å²) in [6.45, 7) is 5.85. The zero-order valence-electron chi connectivity index (χ0n) is 11.6. The number of nitrogens with one attached hydrogen (secondary N) is 1. The lowest BCUT2D eigenvalue weighted by Gasteiger charge is -2.17. The summed E-state index contributed by atoms with van der Waals surface area (Å²) in [6, 6.07) is 14.2. The van der Waals surface area contributed by atoms with Crippen molar-refractivity contribution in [2.45, 2.75) is 12.5 Å². The van der Waals surface area contributed by atoms with Crippen LogP contribution in [0.4, 0.5) is 0 Å². The van der Waals surface area contributed by atoms with Gasteiger partial charge in [0.2, 0.25) is 0 Å². The van der Waals surface area contributed by atoms with Gasteiger partial charge in [0.05, 0.1) is 25.5 Å². The minimum absolute atomic E-state index is 0.0641. The average Bonchev–Trinajstić information content (AvgIpc) is 3.01. The van der Waals surface area contributed by atoms with E-state index in [4.69, 9.17) is 9.15 Å². The van der Waals surface area contributed by atoms with Crippen LogP contribution in [0.3, 0.4) is 0 Å². The second-order valence-electron chi connectivity index (χ2n) is 4.50. The van der Waals surface area contributed by atoms with Gasteiger partial charge in [0.1, 0.15) is 5.76 Å². The molecule has 1 atom stereocenters. The molecule has 1 aromatic heterocycles. The molecule has 0 spiro atoms. The lowest BCUT2D eigenvalue weighted by molar-refractivity contribution is 0.138. The van der Waals surface area contributed by atoms with Crippen LogP contribution in [0.2, 0.25) is 0 Å². The Labute approximate surface area is 120 Å². The summed E-state index contributed by atoms with van der Waals surface area (Å²) in [6.07, 6.45) is 4.46. The first-order valence-electron chi connectivity index (χ1n) is 6.92. The normalized spacial score (nSPS) is 12.2. The molecule has 1 aromatic carbocycles. The minimum atomic E-state index is 0.0641. The molecule has 0 aliphatic carbocycles. The molecule has 2 rings (SSSR count). The van der Waals surface area contributed by atoms with Gasteiger partial charge in [-0.1, -0.05) is 36.4 Å². The summed E-state index contributed by atoms with van der Waals surface area (Å²) < 4.78 is 11.0. The van der Waals surface area contributed by atoms with Crippen LogP contribution in [0.25, 0.3) is 0 Å². The second-order valence-corrected chi connectivity index (χ2v) is 4.50. The van der Waals surface area contributed by atoms with Crippen molar-refractivity contribution < 1.29 is 9.15 Å². The van der Waals surface area contributed by atoms with Gasteiger partial charge in [-0.2, -0.15) is 0 Å². The number of ether oxygens (including phenoxy) is 1. The summed E-state index contributed by atoms with van der Waals surface area (Å²) in [5, 5.41) is 3.47. The molecule has 3 nitrogen and oxygen atoms in total. The Kier molecular flexibility index (Phi) is 6.08. The van der Waals surface area contributed by atoms with Crippen LogP contribution in [-0.2, 0) is 4.74 Å². The van der Waals surface area contributed by atoms with E-state index in [1.165, 1.54) is 5.56 Å². The SMILES string of the molecule is C=CCCOCCNC(c1ccccc1)c1ccco1. The van der Waals surface area contributed by atoms with Crippen LogP contribution in [0.15, 0.2) is 65.8 Å². The molecule has 1 N–H and O–H groups in total. The van der Waals surface area contributed by atoms with Crippen LogP contribution in [-0.4, -0.2) is 19.8 Å². The Morgan fingerprint density at radius 3 is 2.70 bits per heavy atom. The summed E-state index contributed by atoms with van der Waals surface area (Å²) in [4.78, 5) is 0. The lowest BCUT2D eigenvalue weighted by Crippen LogP contribution is -2.26. The molecule has 1 unspecified atom stereocenters. The maximum atomic E-state index is 5.53. The monoisotopic (exact) mass is 271 g/mol. The molecule has 0 radical (unpaired) electrons. The molecular weight excluding hydrogens is 250 g/mol. The summed E-state index contributed by atoms with van der Waals surface area (Å²) in [7, 11) is 0. The van der Waals surface area contributed by atoms with E-state index < -0.39 is 0 Å². The van der Waals surface area contributed by atoms with Crippen LogP contribution >= 0.6 is 0 Å². The van der Waals surface area contributed by atoms with E-state index in [0.29, 0.717) is 6.61 Å². The molecule has 0 saturated heterocycles. The largest absolute Gasteiger partial charge is 0.467 e. The Balaban J connectivity index is 1.90. The van der Waals surface area contributed by atoms with Gasteiger partial charge in [0.15, 0.2) is 0 Å². The highest BCUT2D eigenvalue weighted by atomic mass is 16.5. The third-order valence-corrected chi connectivity index (χ3v) is 3.02. The van der Waals surface area contributed by atoms with E-state index in [-0.39, 0.29) is 6.04 Å². The maximum absolute atomic E-state index is 5.53. The van der Waals surface area contributed by atoms with Gasteiger partial charge < -0.3 is 14.5 Å². The highest BCUT2D eigenvalue weighted by molar-refractivity contribution is 5.26. The molecule has 3 heteroatoms. The first-order chi connectivity index (χ1) is 9.92. The first-order valence-corrected chi connectivity index (χ1v) is 6.92. The Hall–Kier alpha value is -1.84.